The molecule has 1 aliphatic carbocycles. The predicted molar refractivity (Wildman–Crippen MR) is 76.2 cm³/mol. The molecule has 1 N–H and O–H groups in total. The van der Waals surface area contributed by atoms with Crippen LogP contribution in [0, 0.1) is 0 Å². The first kappa shape index (κ1) is 13.9. The van der Waals surface area contributed by atoms with Crippen LogP contribution in [0.25, 0.3) is 0 Å². The van der Waals surface area contributed by atoms with Gasteiger partial charge >= 0.3 is 6.09 Å². The number of hydrogen-bond donors (Lipinski definition) is 1. The molecule has 1 amide bonds. The number of nitrogens with one attached hydrogen (secondary N) is 1. The minimum absolute atomic E-state index is 0.236. The Morgan fingerprint density at radius 3 is 2.53 bits per heavy atom. The average Bonchev–Trinajstić information content (AvgIpc) is 2.76. The van der Waals surface area contributed by atoms with E-state index in [0.717, 1.165) is 19.3 Å². The summed E-state index contributed by atoms with van der Waals surface area (Å²) in [5, 5.41) is 2.97. The van der Waals surface area contributed by atoms with Crippen molar-refractivity contribution in [3.8, 4) is 0 Å². The molecule has 3 nitrogen and oxygen atoms in total. The van der Waals surface area contributed by atoms with E-state index in [1.165, 1.54) is 5.56 Å². The SMILES string of the molecule is CC(C)(C)OC(=O)NC1CCC(c2ccccc2)C1. The van der Waals surface area contributed by atoms with Gasteiger partial charge in [-0.1, -0.05) is 30.3 Å². The summed E-state index contributed by atoms with van der Waals surface area (Å²) in [5.74, 6) is 0.557. The van der Waals surface area contributed by atoms with Crippen LogP contribution >= 0.6 is 0 Å². The largest absolute Gasteiger partial charge is 0.444 e. The molecule has 0 aromatic heterocycles. The van der Waals surface area contributed by atoms with Gasteiger partial charge in [0.05, 0.1) is 0 Å². The highest BCUT2D eigenvalue weighted by molar-refractivity contribution is 5.68. The second-order valence-electron chi connectivity index (χ2n) is 6.26. The molecule has 0 aliphatic heterocycles. The summed E-state index contributed by atoms with van der Waals surface area (Å²) in [7, 11) is 0. The van der Waals surface area contributed by atoms with E-state index in [9.17, 15) is 4.79 Å². The first-order chi connectivity index (χ1) is 8.94. The predicted octanol–water partition coefficient (Wildman–Crippen LogP) is 3.85. The molecule has 1 fully saturated rings. The molecule has 104 valence electrons. The van der Waals surface area contributed by atoms with Crippen LogP contribution in [0.5, 0.6) is 0 Å². The van der Waals surface area contributed by atoms with Crippen molar-refractivity contribution in [2.75, 3.05) is 0 Å². The van der Waals surface area contributed by atoms with E-state index in [1.54, 1.807) is 0 Å². The highest BCUT2D eigenvalue weighted by Crippen LogP contribution is 2.34. The van der Waals surface area contributed by atoms with Gasteiger partial charge in [-0.05, 0) is 51.5 Å². The minimum Gasteiger partial charge on any atom is -0.444 e. The number of ether oxygens (including phenoxy) is 1. The van der Waals surface area contributed by atoms with Crippen LogP contribution in [0.15, 0.2) is 30.3 Å². The Labute approximate surface area is 115 Å². The molecule has 2 atom stereocenters. The first-order valence-corrected chi connectivity index (χ1v) is 6.98. The first-order valence-electron chi connectivity index (χ1n) is 6.98. The van der Waals surface area contributed by atoms with E-state index in [1.807, 2.05) is 26.8 Å². The van der Waals surface area contributed by atoms with Crippen LogP contribution in [0.3, 0.4) is 0 Å². The number of hydrogen-bond acceptors (Lipinski definition) is 2. The lowest BCUT2D eigenvalue weighted by molar-refractivity contribution is 0.0505. The topological polar surface area (TPSA) is 38.3 Å². The van der Waals surface area contributed by atoms with Gasteiger partial charge in [-0.2, -0.15) is 0 Å². The van der Waals surface area contributed by atoms with Crippen molar-refractivity contribution in [1.29, 1.82) is 0 Å². The Bertz CT molecular complexity index is 422. The van der Waals surface area contributed by atoms with Crippen LogP contribution in [0.2, 0.25) is 0 Å². The van der Waals surface area contributed by atoms with Crippen LogP contribution in [0.4, 0.5) is 4.79 Å². The zero-order valence-corrected chi connectivity index (χ0v) is 12.0. The molecule has 0 spiro atoms. The van der Waals surface area contributed by atoms with Gasteiger partial charge in [0.25, 0.3) is 0 Å². The Morgan fingerprint density at radius 2 is 1.89 bits per heavy atom. The normalized spacial score (nSPS) is 23.1. The molecule has 1 aliphatic rings. The van der Waals surface area contributed by atoms with Gasteiger partial charge in [0, 0.05) is 6.04 Å². The summed E-state index contributed by atoms with van der Waals surface area (Å²) in [6.45, 7) is 5.65. The molecule has 0 saturated heterocycles. The molecule has 2 rings (SSSR count). The summed E-state index contributed by atoms with van der Waals surface area (Å²) in [4.78, 5) is 11.7. The number of alkyl carbamates (subject to hydrolysis) is 1. The van der Waals surface area contributed by atoms with Crippen LogP contribution in [-0.2, 0) is 4.74 Å². The van der Waals surface area contributed by atoms with E-state index >= 15 is 0 Å². The van der Waals surface area contributed by atoms with Crippen LogP contribution < -0.4 is 5.32 Å². The number of rotatable bonds is 2. The molecule has 3 heteroatoms. The summed E-state index contributed by atoms with van der Waals surface area (Å²) < 4.78 is 5.29. The summed E-state index contributed by atoms with van der Waals surface area (Å²) in [6.07, 6.45) is 2.86. The van der Waals surface area contributed by atoms with Gasteiger partial charge in [-0.3, -0.25) is 0 Å². The molecule has 0 heterocycles. The summed E-state index contributed by atoms with van der Waals surface area (Å²) in [6, 6.07) is 10.8. The third kappa shape index (κ3) is 4.27. The average molecular weight is 261 g/mol. The zero-order valence-electron chi connectivity index (χ0n) is 12.0. The van der Waals surface area contributed by atoms with Gasteiger partial charge in [-0.15, -0.1) is 0 Å². The number of carbonyl (C=O) groups is 1. The van der Waals surface area contributed by atoms with Crippen molar-refractivity contribution < 1.29 is 9.53 Å². The van der Waals surface area contributed by atoms with Gasteiger partial charge in [-0.25, -0.2) is 4.79 Å². The van der Waals surface area contributed by atoms with E-state index < -0.39 is 5.60 Å². The Hall–Kier alpha value is -1.51. The monoisotopic (exact) mass is 261 g/mol. The highest BCUT2D eigenvalue weighted by atomic mass is 16.6. The Morgan fingerprint density at radius 1 is 1.21 bits per heavy atom. The van der Waals surface area contributed by atoms with Crippen molar-refractivity contribution in [3.63, 3.8) is 0 Å². The van der Waals surface area contributed by atoms with Crippen molar-refractivity contribution in [1.82, 2.24) is 5.32 Å². The lowest BCUT2D eigenvalue weighted by Gasteiger charge is -2.21. The Kier molecular flexibility index (Phi) is 4.13. The molecule has 0 bridgehead atoms. The third-order valence-corrected chi connectivity index (χ3v) is 3.42. The third-order valence-electron chi connectivity index (χ3n) is 3.42. The molecule has 1 aromatic rings. The number of benzene rings is 1. The van der Waals surface area contributed by atoms with Gasteiger partial charge < -0.3 is 10.1 Å². The maximum atomic E-state index is 11.7. The standard InChI is InChI=1S/C16H23NO2/c1-16(2,3)19-15(18)17-14-10-9-13(11-14)12-7-5-4-6-8-12/h4-8,13-14H,9-11H2,1-3H3,(H,17,18). The van der Waals surface area contributed by atoms with E-state index in [-0.39, 0.29) is 12.1 Å². The van der Waals surface area contributed by atoms with Crippen LogP contribution in [0.1, 0.15) is 51.5 Å². The lowest BCUT2D eigenvalue weighted by atomic mass is 9.98. The second kappa shape index (κ2) is 5.64. The fraction of sp³-hybridized carbons (Fsp3) is 0.562. The van der Waals surface area contributed by atoms with E-state index in [4.69, 9.17) is 4.74 Å². The summed E-state index contributed by atoms with van der Waals surface area (Å²) >= 11 is 0. The van der Waals surface area contributed by atoms with Crippen molar-refractivity contribution >= 4 is 6.09 Å². The van der Waals surface area contributed by atoms with Crippen molar-refractivity contribution in [2.45, 2.75) is 57.6 Å². The highest BCUT2D eigenvalue weighted by Gasteiger charge is 2.28. The van der Waals surface area contributed by atoms with Crippen molar-refractivity contribution in [2.24, 2.45) is 0 Å². The second-order valence-corrected chi connectivity index (χ2v) is 6.26. The maximum Gasteiger partial charge on any atom is 0.407 e. The molecule has 0 radical (unpaired) electrons. The lowest BCUT2D eigenvalue weighted by Crippen LogP contribution is -2.37. The fourth-order valence-corrected chi connectivity index (χ4v) is 2.61. The molecular formula is C16H23NO2. The number of carbonyl (C=O) groups excluding carboxylic acids is 1. The van der Waals surface area contributed by atoms with E-state index in [0.29, 0.717) is 5.92 Å². The van der Waals surface area contributed by atoms with E-state index in [2.05, 4.69) is 29.6 Å². The molecular weight excluding hydrogens is 238 g/mol. The fourth-order valence-electron chi connectivity index (χ4n) is 2.61. The minimum atomic E-state index is -0.429. The van der Waals surface area contributed by atoms with Gasteiger partial charge in [0.2, 0.25) is 0 Å². The van der Waals surface area contributed by atoms with Crippen LogP contribution in [-0.4, -0.2) is 17.7 Å². The molecule has 1 saturated carbocycles. The Balaban J connectivity index is 1.84. The van der Waals surface area contributed by atoms with Crippen molar-refractivity contribution in [3.05, 3.63) is 35.9 Å². The maximum absolute atomic E-state index is 11.7. The molecule has 19 heavy (non-hydrogen) atoms. The van der Waals surface area contributed by atoms with Gasteiger partial charge in [0.15, 0.2) is 0 Å². The molecule has 2 unspecified atom stereocenters. The van der Waals surface area contributed by atoms with Gasteiger partial charge in [0.1, 0.15) is 5.60 Å². The smallest absolute Gasteiger partial charge is 0.407 e. The molecule has 1 aromatic carbocycles. The summed E-state index contributed by atoms with van der Waals surface area (Å²) in [5.41, 5.74) is 0.942. The number of amides is 1. The quantitative estimate of drug-likeness (QED) is 0.878. The zero-order chi connectivity index (χ0) is 13.9.